The summed E-state index contributed by atoms with van der Waals surface area (Å²) in [6.07, 6.45) is 0.864. The Bertz CT molecular complexity index is 681. The fourth-order valence-corrected chi connectivity index (χ4v) is 3.10. The number of urea groups is 1. The Hall–Kier alpha value is -2.25. The van der Waals surface area contributed by atoms with Crippen LogP contribution >= 0.6 is 0 Å². The molecule has 0 radical (unpaired) electrons. The molecule has 0 saturated heterocycles. The van der Waals surface area contributed by atoms with Crippen molar-refractivity contribution in [2.24, 2.45) is 5.73 Å². The fraction of sp³-hybridized carbons (Fsp3) is 0.750. The van der Waals surface area contributed by atoms with Gasteiger partial charge in [0.25, 0.3) is 10.1 Å². The average Bonchev–Trinajstić information content (AvgIpc) is 2.59. The lowest BCUT2D eigenvalue weighted by Gasteiger charge is -2.20. The van der Waals surface area contributed by atoms with Crippen molar-refractivity contribution < 1.29 is 32.1 Å². The number of nitrogens with two attached hydrogens (primary N) is 1. The van der Waals surface area contributed by atoms with Crippen LogP contribution in [0.3, 0.4) is 0 Å². The van der Waals surface area contributed by atoms with E-state index in [9.17, 15) is 27.6 Å². The van der Waals surface area contributed by atoms with E-state index in [4.69, 9.17) is 10.3 Å². The molecular weight excluding hydrogens is 406 g/mol. The predicted octanol–water partition coefficient (Wildman–Crippen LogP) is -1.73. The zero-order valence-corrected chi connectivity index (χ0v) is 17.7. The van der Waals surface area contributed by atoms with E-state index in [0.717, 1.165) is 0 Å². The first kappa shape index (κ1) is 26.8. The first-order chi connectivity index (χ1) is 13.4. The van der Waals surface area contributed by atoms with Crippen molar-refractivity contribution in [3.63, 3.8) is 0 Å². The Morgan fingerprint density at radius 2 is 1.69 bits per heavy atom. The molecule has 0 bridgehead atoms. The third-order valence-electron chi connectivity index (χ3n) is 3.69. The number of rotatable bonds is 14. The van der Waals surface area contributed by atoms with Crippen molar-refractivity contribution in [2.75, 3.05) is 18.8 Å². The lowest BCUT2D eigenvalue weighted by molar-refractivity contribution is -0.129. The minimum absolute atomic E-state index is 0.190. The van der Waals surface area contributed by atoms with Gasteiger partial charge in [0, 0.05) is 19.0 Å². The number of carbonyl (C=O) groups excluding carboxylic acids is 4. The number of primary amides is 1. The summed E-state index contributed by atoms with van der Waals surface area (Å²) >= 11 is 0. The van der Waals surface area contributed by atoms with E-state index in [1.165, 1.54) is 0 Å². The van der Waals surface area contributed by atoms with Gasteiger partial charge in [-0.3, -0.25) is 18.9 Å². The Balaban J connectivity index is 4.73. The van der Waals surface area contributed by atoms with Crippen LogP contribution in [-0.2, 0) is 24.5 Å². The van der Waals surface area contributed by atoms with E-state index in [1.54, 1.807) is 20.8 Å². The number of Topliss-reactive ketones (excluding diaryl/α,β-unsaturated/α-hetero) is 1. The van der Waals surface area contributed by atoms with Crippen molar-refractivity contribution in [3.8, 4) is 0 Å². The molecule has 12 nitrogen and oxygen atoms in total. The van der Waals surface area contributed by atoms with Crippen LogP contribution in [0.5, 0.6) is 0 Å². The van der Waals surface area contributed by atoms with Crippen molar-refractivity contribution in [1.29, 1.82) is 0 Å². The highest BCUT2D eigenvalue weighted by molar-refractivity contribution is 7.85. The van der Waals surface area contributed by atoms with E-state index in [2.05, 4.69) is 21.3 Å². The van der Waals surface area contributed by atoms with E-state index < -0.39 is 52.3 Å². The van der Waals surface area contributed by atoms with E-state index in [-0.39, 0.29) is 31.2 Å². The molecule has 0 aromatic heterocycles. The minimum Gasteiger partial charge on any atom is -0.352 e. The van der Waals surface area contributed by atoms with Crippen LogP contribution < -0.4 is 27.0 Å². The summed E-state index contributed by atoms with van der Waals surface area (Å²) in [6, 6.07) is -2.97. The van der Waals surface area contributed by atoms with Gasteiger partial charge < -0.3 is 27.0 Å². The second-order valence-corrected chi connectivity index (χ2v) is 8.21. The van der Waals surface area contributed by atoms with Gasteiger partial charge in [-0.1, -0.05) is 20.8 Å². The number of carbonyl (C=O) groups is 4. The van der Waals surface area contributed by atoms with Gasteiger partial charge in [-0.05, 0) is 12.8 Å². The maximum atomic E-state index is 12.2. The first-order valence-corrected chi connectivity index (χ1v) is 10.8. The number of ketones is 1. The number of hydrogen-bond donors (Lipinski definition) is 6. The van der Waals surface area contributed by atoms with Gasteiger partial charge in [0.15, 0.2) is 5.78 Å². The molecule has 2 atom stereocenters. The van der Waals surface area contributed by atoms with Gasteiger partial charge in [-0.25, -0.2) is 4.79 Å². The standard InChI is InChI=1S/C16H31N5O7S/c1-4-13(22)11(6-5-7-18-16(17)25)21-14(23)8-19-15(24)12(20-10(2)3)9-29(26,27)28/h10-12,20H,4-9H2,1-3H3,(H,19,24)(H,21,23)(H3,17,18,25)(H,26,27,28). The van der Waals surface area contributed by atoms with Crippen LogP contribution in [0.15, 0.2) is 0 Å². The molecule has 0 aliphatic rings. The Labute approximate surface area is 170 Å². The fourth-order valence-electron chi connectivity index (χ4n) is 2.43. The zero-order chi connectivity index (χ0) is 22.6. The van der Waals surface area contributed by atoms with E-state index in [1.807, 2.05) is 0 Å². The molecule has 0 aromatic carbocycles. The SMILES string of the molecule is CCC(=O)C(CCCNC(N)=O)NC(=O)CNC(=O)C(CS(=O)(=O)O)NC(C)C. The van der Waals surface area contributed by atoms with E-state index >= 15 is 0 Å². The second kappa shape index (κ2) is 13.1. The third kappa shape index (κ3) is 13.5. The summed E-state index contributed by atoms with van der Waals surface area (Å²) in [4.78, 5) is 46.9. The summed E-state index contributed by atoms with van der Waals surface area (Å²) in [7, 11) is -4.41. The first-order valence-electron chi connectivity index (χ1n) is 9.20. The molecule has 7 N–H and O–H groups in total. The molecule has 13 heteroatoms. The molecule has 168 valence electrons. The smallest absolute Gasteiger partial charge is 0.312 e. The lowest BCUT2D eigenvalue weighted by atomic mass is 10.0. The Morgan fingerprint density at radius 1 is 1.07 bits per heavy atom. The summed E-state index contributed by atoms with van der Waals surface area (Å²) in [6.45, 7) is 4.78. The van der Waals surface area contributed by atoms with Gasteiger partial charge in [0.2, 0.25) is 11.8 Å². The summed E-state index contributed by atoms with van der Waals surface area (Å²) in [5.74, 6) is -2.48. The minimum atomic E-state index is -4.41. The molecule has 0 heterocycles. The number of nitrogens with one attached hydrogen (secondary N) is 4. The monoisotopic (exact) mass is 437 g/mol. The maximum absolute atomic E-state index is 12.2. The van der Waals surface area contributed by atoms with Gasteiger partial charge in [-0.15, -0.1) is 0 Å². The average molecular weight is 438 g/mol. The van der Waals surface area contributed by atoms with Crippen LogP contribution in [0.2, 0.25) is 0 Å². The highest BCUT2D eigenvalue weighted by Gasteiger charge is 2.26. The molecule has 4 amide bonds. The van der Waals surface area contributed by atoms with Crippen LogP contribution in [0.1, 0.15) is 40.0 Å². The molecule has 0 spiro atoms. The second-order valence-electron chi connectivity index (χ2n) is 6.71. The quantitative estimate of drug-likeness (QED) is 0.136. The molecular formula is C16H31N5O7S. The van der Waals surface area contributed by atoms with Crippen molar-refractivity contribution in [3.05, 3.63) is 0 Å². The van der Waals surface area contributed by atoms with Crippen LogP contribution in [0.25, 0.3) is 0 Å². The topological polar surface area (TPSA) is 197 Å². The maximum Gasteiger partial charge on any atom is 0.312 e. The van der Waals surface area contributed by atoms with Crippen LogP contribution in [0.4, 0.5) is 4.79 Å². The molecule has 29 heavy (non-hydrogen) atoms. The summed E-state index contributed by atoms with van der Waals surface area (Å²) in [5, 5.41) is 9.85. The van der Waals surface area contributed by atoms with Crippen molar-refractivity contribution in [1.82, 2.24) is 21.3 Å². The molecule has 0 saturated carbocycles. The van der Waals surface area contributed by atoms with Gasteiger partial charge in [0.1, 0.15) is 6.04 Å². The normalized spacial score (nSPS) is 13.4. The predicted molar refractivity (Wildman–Crippen MR) is 106 cm³/mol. The molecule has 0 fully saturated rings. The molecule has 0 aromatic rings. The Morgan fingerprint density at radius 3 is 2.17 bits per heavy atom. The largest absolute Gasteiger partial charge is 0.352 e. The summed E-state index contributed by atoms with van der Waals surface area (Å²) < 4.78 is 31.1. The molecule has 2 unspecified atom stereocenters. The highest BCUT2D eigenvalue weighted by atomic mass is 32.2. The van der Waals surface area contributed by atoms with Crippen molar-refractivity contribution >= 4 is 33.7 Å². The lowest BCUT2D eigenvalue weighted by Crippen LogP contribution is -2.53. The van der Waals surface area contributed by atoms with E-state index in [0.29, 0.717) is 6.42 Å². The van der Waals surface area contributed by atoms with Gasteiger partial charge in [0.05, 0.1) is 18.3 Å². The third-order valence-corrected chi connectivity index (χ3v) is 4.45. The number of amides is 4. The highest BCUT2D eigenvalue weighted by Crippen LogP contribution is 2.01. The van der Waals surface area contributed by atoms with Gasteiger partial charge in [-0.2, -0.15) is 8.42 Å². The molecule has 0 aliphatic heterocycles. The zero-order valence-electron chi connectivity index (χ0n) is 16.9. The Kier molecular flexibility index (Phi) is 12.0. The summed E-state index contributed by atoms with van der Waals surface area (Å²) in [5.41, 5.74) is 4.95. The number of hydrogen-bond acceptors (Lipinski definition) is 7. The van der Waals surface area contributed by atoms with Crippen molar-refractivity contribution in [2.45, 2.75) is 58.2 Å². The van der Waals surface area contributed by atoms with Gasteiger partial charge >= 0.3 is 6.03 Å². The van der Waals surface area contributed by atoms with Crippen LogP contribution in [0, 0.1) is 0 Å². The molecule has 0 rings (SSSR count). The molecule has 0 aliphatic carbocycles. The van der Waals surface area contributed by atoms with Crippen LogP contribution in [-0.4, -0.2) is 73.6 Å².